The van der Waals surface area contributed by atoms with Gasteiger partial charge >= 0.3 is 0 Å². The van der Waals surface area contributed by atoms with Crippen molar-refractivity contribution in [1.82, 2.24) is 14.5 Å². The van der Waals surface area contributed by atoms with Crippen LogP contribution in [-0.2, 0) is 7.05 Å². The highest BCUT2D eigenvalue weighted by Crippen LogP contribution is 2.11. The van der Waals surface area contributed by atoms with Gasteiger partial charge in [0.05, 0.1) is 17.2 Å². The van der Waals surface area contributed by atoms with Crippen LogP contribution in [0, 0.1) is 13.8 Å². The molecule has 2 aromatic rings. The van der Waals surface area contributed by atoms with Gasteiger partial charge in [-0.15, -0.1) is 0 Å². The van der Waals surface area contributed by atoms with Crippen LogP contribution in [0.25, 0.3) is 11.0 Å². The first-order chi connectivity index (χ1) is 8.01. The van der Waals surface area contributed by atoms with Crippen molar-refractivity contribution < 1.29 is 0 Å². The zero-order valence-corrected chi connectivity index (χ0v) is 11.1. The normalized spacial score (nSPS) is 9.94. The highest BCUT2D eigenvalue weighted by molar-refractivity contribution is 5.76. The molecular weight excluding hydrogens is 214 g/mol. The summed E-state index contributed by atoms with van der Waals surface area (Å²) < 4.78 is 1.56. The fraction of sp³-hybridized carbons (Fsp3) is 0.462. The molecule has 0 N–H and O–H groups in total. The van der Waals surface area contributed by atoms with Crippen LogP contribution >= 0.6 is 0 Å². The van der Waals surface area contributed by atoms with Gasteiger partial charge in [0, 0.05) is 13.1 Å². The van der Waals surface area contributed by atoms with Crippen LogP contribution in [0.2, 0.25) is 0 Å². The third kappa shape index (κ3) is 2.90. The van der Waals surface area contributed by atoms with Crippen LogP contribution in [0.15, 0.2) is 17.1 Å². The number of hydrogen-bond acceptors (Lipinski definition) is 3. The summed E-state index contributed by atoms with van der Waals surface area (Å²) in [6.07, 6.45) is 2.94. The first-order valence-corrected chi connectivity index (χ1v) is 5.81. The molecule has 4 heteroatoms. The van der Waals surface area contributed by atoms with Crippen molar-refractivity contribution in [3.8, 4) is 0 Å². The Hall–Kier alpha value is -1.71. The smallest absolute Gasteiger partial charge is 0.251 e. The zero-order chi connectivity index (χ0) is 13.0. The van der Waals surface area contributed by atoms with Gasteiger partial charge in [-0.05, 0) is 19.4 Å². The quantitative estimate of drug-likeness (QED) is 0.701. The molecule has 0 aliphatic heterocycles. The minimum absolute atomic E-state index is 0.0255. The van der Waals surface area contributed by atoms with E-state index in [1.165, 1.54) is 6.42 Å². The molecule has 2 heterocycles. The molecular formula is C13H19N3O. The van der Waals surface area contributed by atoms with Gasteiger partial charge in [-0.25, -0.2) is 9.97 Å². The molecule has 92 valence electrons. The lowest BCUT2D eigenvalue weighted by Gasteiger charge is -2.05. The topological polar surface area (TPSA) is 47.8 Å². The van der Waals surface area contributed by atoms with Gasteiger partial charge in [0.15, 0.2) is 0 Å². The fourth-order valence-corrected chi connectivity index (χ4v) is 1.47. The molecule has 2 aromatic heterocycles. The Morgan fingerprint density at radius 2 is 1.88 bits per heavy atom. The van der Waals surface area contributed by atoms with E-state index in [-0.39, 0.29) is 5.56 Å². The monoisotopic (exact) mass is 233 g/mol. The number of pyridine rings is 1. The molecule has 0 spiro atoms. The molecule has 0 radical (unpaired) electrons. The Balaban J connectivity index is 0.000000437. The van der Waals surface area contributed by atoms with E-state index in [1.807, 2.05) is 13.8 Å². The summed E-state index contributed by atoms with van der Waals surface area (Å²) in [6, 6.07) is 1.59. The van der Waals surface area contributed by atoms with Crippen molar-refractivity contribution in [2.75, 3.05) is 0 Å². The maximum Gasteiger partial charge on any atom is 0.251 e. The molecule has 0 atom stereocenters. The Labute approximate surface area is 101 Å². The van der Waals surface area contributed by atoms with Crippen molar-refractivity contribution >= 4 is 11.0 Å². The number of hydrogen-bond donors (Lipinski definition) is 0. The summed E-state index contributed by atoms with van der Waals surface area (Å²) in [5.74, 6) is 0.722. The molecule has 0 bridgehead atoms. The highest BCUT2D eigenvalue weighted by atomic mass is 16.1. The molecule has 0 aliphatic carbocycles. The number of rotatable bonds is 0. The average Bonchev–Trinajstić information content (AvgIpc) is 2.27. The van der Waals surface area contributed by atoms with Gasteiger partial charge in [-0.2, -0.15) is 0 Å². The molecule has 0 aliphatic rings. The van der Waals surface area contributed by atoms with Crippen molar-refractivity contribution in [3.05, 3.63) is 34.0 Å². The second-order valence-electron chi connectivity index (χ2n) is 4.08. The minimum Gasteiger partial charge on any atom is -0.309 e. The van der Waals surface area contributed by atoms with Gasteiger partial charge in [0.1, 0.15) is 5.82 Å². The molecule has 0 fully saturated rings. The third-order valence-electron chi connectivity index (χ3n) is 2.30. The molecule has 17 heavy (non-hydrogen) atoms. The van der Waals surface area contributed by atoms with E-state index >= 15 is 0 Å². The molecule has 0 amide bonds. The van der Waals surface area contributed by atoms with E-state index in [2.05, 4.69) is 23.8 Å². The molecule has 0 unspecified atom stereocenters. The molecule has 0 aromatic carbocycles. The summed E-state index contributed by atoms with van der Waals surface area (Å²) in [6.45, 7) is 7.97. The van der Waals surface area contributed by atoms with Gasteiger partial charge in [-0.3, -0.25) is 4.79 Å². The van der Waals surface area contributed by atoms with E-state index < -0.39 is 0 Å². The number of aryl methyl sites for hydroxylation is 3. The summed E-state index contributed by atoms with van der Waals surface area (Å²) >= 11 is 0. The second kappa shape index (κ2) is 5.57. The Morgan fingerprint density at radius 1 is 1.29 bits per heavy atom. The molecule has 2 rings (SSSR count). The van der Waals surface area contributed by atoms with E-state index in [4.69, 9.17) is 0 Å². The van der Waals surface area contributed by atoms with Crippen LogP contribution in [0.1, 0.15) is 31.7 Å². The average molecular weight is 233 g/mol. The summed E-state index contributed by atoms with van der Waals surface area (Å²) in [5.41, 5.74) is 2.50. The van der Waals surface area contributed by atoms with Crippen LogP contribution < -0.4 is 5.56 Å². The predicted molar refractivity (Wildman–Crippen MR) is 70.2 cm³/mol. The van der Waals surface area contributed by atoms with E-state index in [0.29, 0.717) is 0 Å². The molecule has 0 saturated carbocycles. The fourth-order valence-electron chi connectivity index (χ4n) is 1.47. The van der Waals surface area contributed by atoms with E-state index in [0.717, 1.165) is 22.4 Å². The third-order valence-corrected chi connectivity index (χ3v) is 2.30. The van der Waals surface area contributed by atoms with Crippen LogP contribution in [0.5, 0.6) is 0 Å². The Kier molecular flexibility index (Phi) is 4.37. The Bertz CT molecular complexity index is 573. The van der Waals surface area contributed by atoms with Crippen LogP contribution in [0.4, 0.5) is 0 Å². The second-order valence-corrected chi connectivity index (χ2v) is 4.08. The first-order valence-electron chi connectivity index (χ1n) is 5.81. The van der Waals surface area contributed by atoms with Gasteiger partial charge in [-0.1, -0.05) is 20.3 Å². The summed E-state index contributed by atoms with van der Waals surface area (Å²) in [4.78, 5) is 19.8. The van der Waals surface area contributed by atoms with Crippen molar-refractivity contribution in [2.24, 2.45) is 7.05 Å². The SMILES string of the molecule is CCC.Cc1ncc2c(n1)c(C)cc(=O)n2C. The van der Waals surface area contributed by atoms with Gasteiger partial charge < -0.3 is 4.57 Å². The first kappa shape index (κ1) is 13.4. The van der Waals surface area contributed by atoms with Gasteiger partial charge in [0.25, 0.3) is 5.56 Å². The largest absolute Gasteiger partial charge is 0.309 e. The predicted octanol–water partition coefficient (Wildman–Crippen LogP) is 2.36. The van der Waals surface area contributed by atoms with Crippen LogP contribution in [0.3, 0.4) is 0 Å². The van der Waals surface area contributed by atoms with Gasteiger partial charge in [0.2, 0.25) is 0 Å². The molecule has 0 saturated heterocycles. The highest BCUT2D eigenvalue weighted by Gasteiger charge is 2.04. The number of nitrogens with zero attached hydrogens (tertiary/aromatic N) is 3. The molecule has 4 nitrogen and oxygen atoms in total. The maximum atomic E-state index is 11.4. The minimum atomic E-state index is -0.0255. The van der Waals surface area contributed by atoms with E-state index in [9.17, 15) is 4.79 Å². The van der Waals surface area contributed by atoms with Crippen molar-refractivity contribution in [3.63, 3.8) is 0 Å². The lowest BCUT2D eigenvalue weighted by atomic mass is 10.2. The summed E-state index contributed by atoms with van der Waals surface area (Å²) in [5, 5.41) is 0. The lowest BCUT2D eigenvalue weighted by molar-refractivity contribution is 0.889. The van der Waals surface area contributed by atoms with Crippen molar-refractivity contribution in [1.29, 1.82) is 0 Å². The van der Waals surface area contributed by atoms with Crippen molar-refractivity contribution in [2.45, 2.75) is 34.1 Å². The van der Waals surface area contributed by atoms with Crippen LogP contribution in [-0.4, -0.2) is 14.5 Å². The Morgan fingerprint density at radius 3 is 2.47 bits per heavy atom. The number of aromatic nitrogens is 3. The zero-order valence-electron chi connectivity index (χ0n) is 11.1. The lowest BCUT2D eigenvalue weighted by Crippen LogP contribution is -2.17. The maximum absolute atomic E-state index is 11.4. The van der Waals surface area contributed by atoms with E-state index in [1.54, 1.807) is 23.9 Å². The standard InChI is InChI=1S/C10H11N3O.C3H8/c1-6-4-9(14)13(3)8-5-11-7(2)12-10(6)8;1-3-2/h4-5H,1-3H3;3H2,1-2H3. The summed E-state index contributed by atoms with van der Waals surface area (Å²) in [7, 11) is 1.72. The number of fused-ring (bicyclic) bond motifs is 1.